The fourth-order valence-corrected chi connectivity index (χ4v) is 3.03. The van der Waals surface area contributed by atoms with Crippen LogP contribution in [-0.2, 0) is 14.9 Å². The standard InChI is InChI=1S/C16H17FN2O4S/c1-11-9-13(17)7-8-15(11)18-16(20)12-5-4-6-14(10-12)24(21,22)19(2)23-3/h4-10H,1-3H3,(H,18,20). The van der Waals surface area contributed by atoms with E-state index in [1.54, 1.807) is 6.92 Å². The average molecular weight is 352 g/mol. The lowest BCUT2D eigenvalue weighted by Crippen LogP contribution is -2.26. The first-order chi connectivity index (χ1) is 11.3. The SMILES string of the molecule is CON(C)S(=O)(=O)c1cccc(C(=O)Nc2ccc(F)cc2C)c1. The molecule has 0 unspecified atom stereocenters. The van der Waals surface area contributed by atoms with Gasteiger partial charge in [0.25, 0.3) is 15.9 Å². The molecule has 0 aliphatic rings. The topological polar surface area (TPSA) is 75.7 Å². The molecule has 128 valence electrons. The zero-order valence-electron chi connectivity index (χ0n) is 13.4. The molecule has 0 radical (unpaired) electrons. The Balaban J connectivity index is 2.30. The summed E-state index contributed by atoms with van der Waals surface area (Å²) >= 11 is 0. The number of aryl methyl sites for hydroxylation is 1. The van der Waals surface area contributed by atoms with Crippen LogP contribution in [0.2, 0.25) is 0 Å². The lowest BCUT2D eigenvalue weighted by Gasteiger charge is -2.15. The smallest absolute Gasteiger partial charge is 0.264 e. The summed E-state index contributed by atoms with van der Waals surface area (Å²) in [5.74, 6) is -0.900. The van der Waals surface area contributed by atoms with Gasteiger partial charge in [0.2, 0.25) is 0 Å². The molecule has 0 aliphatic carbocycles. The third-order valence-corrected chi connectivity index (χ3v) is 5.10. The van der Waals surface area contributed by atoms with E-state index in [1.165, 1.54) is 56.6 Å². The first-order valence-corrected chi connectivity index (χ1v) is 8.40. The number of nitrogens with one attached hydrogen (secondary N) is 1. The summed E-state index contributed by atoms with van der Waals surface area (Å²) < 4.78 is 38.2. The molecule has 0 bridgehead atoms. The number of carbonyl (C=O) groups excluding carboxylic acids is 1. The molecule has 0 atom stereocenters. The van der Waals surface area contributed by atoms with E-state index in [2.05, 4.69) is 5.32 Å². The highest BCUT2D eigenvalue weighted by Gasteiger charge is 2.22. The number of nitrogens with zero attached hydrogens (tertiary/aromatic N) is 1. The number of carbonyl (C=O) groups is 1. The molecule has 0 saturated heterocycles. The first kappa shape index (κ1) is 18.1. The molecular formula is C16H17FN2O4S. The maximum atomic E-state index is 13.1. The molecule has 0 spiro atoms. The van der Waals surface area contributed by atoms with Gasteiger partial charge in [0, 0.05) is 18.3 Å². The van der Waals surface area contributed by atoms with Gasteiger partial charge in [-0.15, -0.1) is 0 Å². The molecular weight excluding hydrogens is 335 g/mol. The fourth-order valence-electron chi connectivity index (χ4n) is 2.01. The van der Waals surface area contributed by atoms with Crippen LogP contribution < -0.4 is 5.32 Å². The molecule has 24 heavy (non-hydrogen) atoms. The van der Waals surface area contributed by atoms with Crippen molar-refractivity contribution in [1.82, 2.24) is 4.47 Å². The van der Waals surface area contributed by atoms with Crippen LogP contribution in [0, 0.1) is 12.7 Å². The van der Waals surface area contributed by atoms with Gasteiger partial charge in [-0.3, -0.25) is 9.63 Å². The minimum atomic E-state index is -3.85. The van der Waals surface area contributed by atoms with Gasteiger partial charge in [0.15, 0.2) is 0 Å². The summed E-state index contributed by atoms with van der Waals surface area (Å²) in [5.41, 5.74) is 1.17. The van der Waals surface area contributed by atoms with Crippen LogP contribution in [0.5, 0.6) is 0 Å². The van der Waals surface area contributed by atoms with E-state index in [-0.39, 0.29) is 10.5 Å². The molecule has 2 rings (SSSR count). The predicted molar refractivity (Wildman–Crippen MR) is 87.5 cm³/mol. The average Bonchev–Trinajstić information content (AvgIpc) is 2.56. The van der Waals surface area contributed by atoms with Gasteiger partial charge in [0.1, 0.15) is 5.82 Å². The van der Waals surface area contributed by atoms with Crippen molar-refractivity contribution in [3.05, 3.63) is 59.4 Å². The number of hydroxylamine groups is 1. The molecule has 6 nitrogen and oxygen atoms in total. The summed E-state index contributed by atoms with van der Waals surface area (Å²) in [6.07, 6.45) is 0. The Bertz CT molecular complexity index is 868. The van der Waals surface area contributed by atoms with Crippen LogP contribution in [0.1, 0.15) is 15.9 Å². The Hall–Kier alpha value is -2.29. The lowest BCUT2D eigenvalue weighted by atomic mass is 10.1. The van der Waals surface area contributed by atoms with Gasteiger partial charge in [0.05, 0.1) is 12.0 Å². The minimum absolute atomic E-state index is 0.0738. The summed E-state index contributed by atoms with van der Waals surface area (Å²) in [4.78, 5) is 17.0. The Kier molecular flexibility index (Phi) is 5.33. The van der Waals surface area contributed by atoms with E-state index in [0.717, 1.165) is 0 Å². The van der Waals surface area contributed by atoms with Crippen LogP contribution in [0.3, 0.4) is 0 Å². The van der Waals surface area contributed by atoms with Crippen LogP contribution in [0.15, 0.2) is 47.4 Å². The van der Waals surface area contributed by atoms with Gasteiger partial charge < -0.3 is 5.32 Å². The van der Waals surface area contributed by atoms with Crippen molar-refractivity contribution in [2.24, 2.45) is 0 Å². The highest BCUT2D eigenvalue weighted by molar-refractivity contribution is 7.89. The van der Waals surface area contributed by atoms with Crippen molar-refractivity contribution in [2.45, 2.75) is 11.8 Å². The highest BCUT2D eigenvalue weighted by Crippen LogP contribution is 2.19. The minimum Gasteiger partial charge on any atom is -0.322 e. The number of hydrogen-bond acceptors (Lipinski definition) is 4. The molecule has 8 heteroatoms. The third-order valence-electron chi connectivity index (χ3n) is 3.43. The van der Waals surface area contributed by atoms with Crippen LogP contribution in [-0.4, -0.2) is 33.0 Å². The molecule has 0 aliphatic heterocycles. The summed E-state index contributed by atoms with van der Waals surface area (Å²) in [5, 5.41) is 2.63. The largest absolute Gasteiger partial charge is 0.322 e. The number of halogens is 1. The summed E-state index contributed by atoms with van der Waals surface area (Å²) in [6, 6.07) is 9.54. The van der Waals surface area contributed by atoms with E-state index in [0.29, 0.717) is 15.7 Å². The van der Waals surface area contributed by atoms with Crippen molar-refractivity contribution in [1.29, 1.82) is 0 Å². The predicted octanol–water partition coefficient (Wildman–Crippen LogP) is 2.57. The van der Waals surface area contributed by atoms with Crippen molar-refractivity contribution in [2.75, 3.05) is 19.5 Å². The van der Waals surface area contributed by atoms with E-state index >= 15 is 0 Å². The molecule has 0 heterocycles. The number of benzene rings is 2. The third kappa shape index (κ3) is 3.78. The van der Waals surface area contributed by atoms with Crippen molar-refractivity contribution in [3.8, 4) is 0 Å². The number of hydrogen-bond donors (Lipinski definition) is 1. The zero-order valence-corrected chi connectivity index (χ0v) is 14.2. The Labute approximate surface area is 139 Å². The first-order valence-electron chi connectivity index (χ1n) is 6.96. The van der Waals surface area contributed by atoms with Crippen molar-refractivity contribution < 1.29 is 22.4 Å². The normalized spacial score (nSPS) is 11.5. The van der Waals surface area contributed by atoms with Gasteiger partial charge in [-0.1, -0.05) is 10.5 Å². The van der Waals surface area contributed by atoms with E-state index in [4.69, 9.17) is 4.84 Å². The second kappa shape index (κ2) is 7.08. The number of amides is 1. The van der Waals surface area contributed by atoms with Crippen LogP contribution >= 0.6 is 0 Å². The molecule has 0 aromatic heterocycles. The summed E-state index contributed by atoms with van der Waals surface area (Å²) in [7, 11) is -1.37. The highest BCUT2D eigenvalue weighted by atomic mass is 32.2. The molecule has 1 amide bonds. The molecule has 0 fully saturated rings. The van der Waals surface area contributed by atoms with E-state index < -0.39 is 21.7 Å². The quantitative estimate of drug-likeness (QED) is 0.839. The van der Waals surface area contributed by atoms with E-state index in [1.807, 2.05) is 0 Å². The summed E-state index contributed by atoms with van der Waals surface area (Å²) in [6.45, 7) is 1.66. The Morgan fingerprint density at radius 2 is 1.92 bits per heavy atom. The maximum absolute atomic E-state index is 13.1. The lowest BCUT2D eigenvalue weighted by molar-refractivity contribution is -0.0258. The van der Waals surface area contributed by atoms with Gasteiger partial charge in [-0.25, -0.2) is 12.8 Å². The second-order valence-corrected chi connectivity index (χ2v) is 6.97. The van der Waals surface area contributed by atoms with Crippen molar-refractivity contribution >= 4 is 21.6 Å². The Morgan fingerprint density at radius 3 is 2.54 bits per heavy atom. The van der Waals surface area contributed by atoms with Gasteiger partial charge >= 0.3 is 0 Å². The monoisotopic (exact) mass is 352 g/mol. The molecule has 1 N–H and O–H groups in total. The number of rotatable bonds is 5. The number of anilines is 1. The van der Waals surface area contributed by atoms with Gasteiger partial charge in [-0.2, -0.15) is 0 Å². The van der Waals surface area contributed by atoms with Crippen LogP contribution in [0.25, 0.3) is 0 Å². The fraction of sp³-hybridized carbons (Fsp3) is 0.188. The van der Waals surface area contributed by atoms with Crippen molar-refractivity contribution in [3.63, 3.8) is 0 Å². The zero-order chi connectivity index (χ0) is 17.9. The van der Waals surface area contributed by atoms with E-state index in [9.17, 15) is 17.6 Å². The van der Waals surface area contributed by atoms with Crippen LogP contribution in [0.4, 0.5) is 10.1 Å². The molecule has 2 aromatic rings. The second-order valence-electron chi connectivity index (χ2n) is 5.04. The molecule has 2 aromatic carbocycles. The molecule has 0 saturated carbocycles. The number of sulfonamides is 1. The van der Waals surface area contributed by atoms with Gasteiger partial charge in [-0.05, 0) is 48.9 Å². The maximum Gasteiger partial charge on any atom is 0.264 e. The Morgan fingerprint density at radius 1 is 1.21 bits per heavy atom.